The van der Waals surface area contributed by atoms with E-state index in [9.17, 15) is 20.4 Å². The van der Waals surface area contributed by atoms with Gasteiger partial charge in [-0.2, -0.15) is 0 Å². The number of aliphatic hydroxyl groups is 4. The first-order valence-corrected chi connectivity index (χ1v) is 8.30. The maximum Gasteiger partial charge on any atom is 0.109 e. The van der Waals surface area contributed by atoms with Crippen molar-refractivity contribution in [2.45, 2.75) is 37.3 Å². The minimum absolute atomic E-state index is 0.549. The molecule has 0 bridgehead atoms. The second-order valence-corrected chi connectivity index (χ2v) is 6.67. The molecule has 4 N–H and O–H groups in total. The molecule has 0 aliphatic rings. The maximum atomic E-state index is 10.7. The third-order valence-electron chi connectivity index (χ3n) is 3.99. The van der Waals surface area contributed by atoms with Gasteiger partial charge in [0.05, 0.1) is 12.2 Å². The van der Waals surface area contributed by atoms with E-state index in [4.69, 9.17) is 23.2 Å². The van der Waals surface area contributed by atoms with Crippen molar-refractivity contribution in [1.29, 1.82) is 0 Å². The Labute approximate surface area is 150 Å². The molecule has 0 aliphatic heterocycles. The summed E-state index contributed by atoms with van der Waals surface area (Å²) in [7, 11) is 0. The normalized spacial score (nSPS) is 16.7. The van der Waals surface area contributed by atoms with Crippen molar-refractivity contribution in [3.63, 3.8) is 0 Å². The Hall–Kier alpha value is -1.14. The van der Waals surface area contributed by atoms with E-state index in [0.717, 1.165) is 0 Å². The topological polar surface area (TPSA) is 80.9 Å². The van der Waals surface area contributed by atoms with Gasteiger partial charge in [0.1, 0.15) is 12.2 Å². The molecular weight excluding hydrogens is 351 g/mol. The van der Waals surface area contributed by atoms with Gasteiger partial charge in [-0.05, 0) is 42.3 Å². The SMILES string of the molecule is C[C@H](O)[C@@H](O)[C@H](O)[C@H](O)C(c1ccc(Cl)cc1)c1ccc(Cl)cc1. The van der Waals surface area contributed by atoms with Gasteiger partial charge >= 0.3 is 0 Å². The first kappa shape index (κ1) is 19.2. The van der Waals surface area contributed by atoms with Gasteiger partial charge in [0.25, 0.3) is 0 Å². The molecule has 4 nitrogen and oxygen atoms in total. The van der Waals surface area contributed by atoms with Crippen molar-refractivity contribution in [1.82, 2.24) is 0 Å². The predicted octanol–water partition coefficient (Wildman–Crippen LogP) is 2.59. The first-order chi connectivity index (χ1) is 11.3. The molecule has 0 heterocycles. The molecule has 0 amide bonds. The van der Waals surface area contributed by atoms with Crippen LogP contribution in [-0.4, -0.2) is 44.8 Å². The quantitative estimate of drug-likeness (QED) is 0.629. The molecule has 130 valence electrons. The molecule has 0 radical (unpaired) electrons. The lowest BCUT2D eigenvalue weighted by atomic mass is 9.82. The van der Waals surface area contributed by atoms with Crippen molar-refractivity contribution in [2.75, 3.05) is 0 Å². The Kier molecular flexibility index (Phi) is 6.63. The highest BCUT2D eigenvalue weighted by Crippen LogP contribution is 2.32. The molecule has 0 saturated heterocycles. The summed E-state index contributed by atoms with van der Waals surface area (Å²) in [6.45, 7) is 1.35. The number of halogens is 2. The van der Waals surface area contributed by atoms with Crippen LogP contribution in [0.5, 0.6) is 0 Å². The predicted molar refractivity (Wildman–Crippen MR) is 94.4 cm³/mol. The zero-order chi connectivity index (χ0) is 17.9. The smallest absolute Gasteiger partial charge is 0.109 e. The summed E-state index contributed by atoms with van der Waals surface area (Å²) >= 11 is 11.8. The summed E-state index contributed by atoms with van der Waals surface area (Å²) in [6, 6.07) is 13.7. The Morgan fingerprint density at radius 2 is 1.00 bits per heavy atom. The minimum atomic E-state index is -1.53. The van der Waals surface area contributed by atoms with E-state index in [1.165, 1.54) is 6.92 Å². The van der Waals surface area contributed by atoms with Gasteiger partial charge in [0.2, 0.25) is 0 Å². The summed E-state index contributed by atoms with van der Waals surface area (Å²) in [4.78, 5) is 0. The summed E-state index contributed by atoms with van der Waals surface area (Å²) in [5, 5.41) is 41.4. The van der Waals surface area contributed by atoms with Gasteiger partial charge in [-0.15, -0.1) is 0 Å². The third kappa shape index (κ3) is 4.48. The lowest BCUT2D eigenvalue weighted by Gasteiger charge is -2.31. The van der Waals surface area contributed by atoms with Crippen LogP contribution in [0, 0.1) is 0 Å². The Morgan fingerprint density at radius 1 is 0.625 bits per heavy atom. The van der Waals surface area contributed by atoms with E-state index in [1.54, 1.807) is 48.5 Å². The molecule has 4 atom stereocenters. The van der Waals surface area contributed by atoms with Crippen LogP contribution in [0.2, 0.25) is 10.0 Å². The fourth-order valence-corrected chi connectivity index (χ4v) is 2.86. The average Bonchev–Trinajstić information content (AvgIpc) is 2.56. The van der Waals surface area contributed by atoms with Crippen LogP contribution in [-0.2, 0) is 0 Å². The van der Waals surface area contributed by atoms with Crippen molar-refractivity contribution in [3.05, 3.63) is 69.7 Å². The van der Waals surface area contributed by atoms with Gasteiger partial charge in [0, 0.05) is 16.0 Å². The number of hydrogen-bond acceptors (Lipinski definition) is 4. The Balaban J connectivity index is 2.42. The highest BCUT2D eigenvalue weighted by atomic mass is 35.5. The summed E-state index contributed by atoms with van der Waals surface area (Å²) < 4.78 is 0. The molecule has 2 aromatic rings. The monoisotopic (exact) mass is 370 g/mol. The second-order valence-electron chi connectivity index (χ2n) is 5.79. The maximum absolute atomic E-state index is 10.7. The van der Waals surface area contributed by atoms with Crippen LogP contribution < -0.4 is 0 Å². The zero-order valence-electron chi connectivity index (χ0n) is 13.1. The van der Waals surface area contributed by atoms with Crippen molar-refractivity contribution < 1.29 is 20.4 Å². The molecule has 2 aromatic carbocycles. The van der Waals surface area contributed by atoms with Gasteiger partial charge in [0.15, 0.2) is 0 Å². The molecule has 24 heavy (non-hydrogen) atoms. The van der Waals surface area contributed by atoms with Crippen molar-refractivity contribution >= 4 is 23.2 Å². The fraction of sp³-hybridized carbons (Fsp3) is 0.333. The Morgan fingerprint density at radius 3 is 1.33 bits per heavy atom. The van der Waals surface area contributed by atoms with Crippen LogP contribution in [0.1, 0.15) is 24.0 Å². The number of rotatable bonds is 6. The van der Waals surface area contributed by atoms with E-state index < -0.39 is 30.3 Å². The van der Waals surface area contributed by atoms with Gasteiger partial charge in [-0.1, -0.05) is 47.5 Å². The highest BCUT2D eigenvalue weighted by Gasteiger charge is 2.35. The van der Waals surface area contributed by atoms with E-state index in [-0.39, 0.29) is 0 Å². The summed E-state index contributed by atoms with van der Waals surface area (Å²) in [6.07, 6.45) is -5.51. The van der Waals surface area contributed by atoms with Crippen LogP contribution in [0.3, 0.4) is 0 Å². The van der Waals surface area contributed by atoms with Gasteiger partial charge in [-0.25, -0.2) is 0 Å². The first-order valence-electron chi connectivity index (χ1n) is 7.54. The zero-order valence-corrected chi connectivity index (χ0v) is 14.6. The number of hydrogen-bond donors (Lipinski definition) is 4. The van der Waals surface area contributed by atoms with Gasteiger partial charge < -0.3 is 20.4 Å². The average molecular weight is 371 g/mol. The van der Waals surface area contributed by atoms with Gasteiger partial charge in [-0.3, -0.25) is 0 Å². The Bertz CT molecular complexity index is 598. The van der Waals surface area contributed by atoms with E-state index in [1.807, 2.05) is 0 Å². The van der Waals surface area contributed by atoms with Crippen molar-refractivity contribution in [2.24, 2.45) is 0 Å². The summed E-state index contributed by atoms with van der Waals surface area (Å²) in [5.41, 5.74) is 1.43. The molecular formula is C18H20Cl2O4. The minimum Gasteiger partial charge on any atom is -0.391 e. The van der Waals surface area contributed by atoms with Crippen LogP contribution >= 0.6 is 23.2 Å². The standard InChI is InChI=1S/C18H20Cl2O4/c1-10(21)16(22)18(24)17(23)15(11-2-6-13(19)7-3-11)12-4-8-14(20)9-5-12/h2-10,15-18,21-24H,1H3/t10-,16+,17+,18-/m0/s1. The fourth-order valence-electron chi connectivity index (χ4n) is 2.61. The van der Waals surface area contributed by atoms with Crippen molar-refractivity contribution in [3.8, 4) is 0 Å². The van der Waals surface area contributed by atoms with E-state index in [0.29, 0.717) is 21.2 Å². The van der Waals surface area contributed by atoms with E-state index in [2.05, 4.69) is 0 Å². The second kappa shape index (κ2) is 8.30. The molecule has 2 rings (SSSR count). The number of benzene rings is 2. The molecule has 0 aromatic heterocycles. The lowest BCUT2D eigenvalue weighted by Crippen LogP contribution is -2.46. The molecule has 0 fully saturated rings. The van der Waals surface area contributed by atoms with Crippen LogP contribution in [0.4, 0.5) is 0 Å². The summed E-state index contributed by atoms with van der Waals surface area (Å²) in [5.74, 6) is -0.622. The third-order valence-corrected chi connectivity index (χ3v) is 4.50. The molecule has 0 aliphatic carbocycles. The van der Waals surface area contributed by atoms with Crippen LogP contribution in [0.15, 0.2) is 48.5 Å². The lowest BCUT2D eigenvalue weighted by molar-refractivity contribution is -0.103. The number of aliphatic hydroxyl groups excluding tert-OH is 4. The molecule has 0 spiro atoms. The molecule has 6 heteroatoms. The van der Waals surface area contributed by atoms with Crippen LogP contribution in [0.25, 0.3) is 0 Å². The molecule has 0 saturated carbocycles. The van der Waals surface area contributed by atoms with E-state index >= 15 is 0 Å². The highest BCUT2D eigenvalue weighted by molar-refractivity contribution is 6.30. The molecule has 0 unspecified atom stereocenters. The largest absolute Gasteiger partial charge is 0.391 e.